The Balaban J connectivity index is 3.95. The molecule has 76 valence electrons. The minimum Gasteiger partial charge on any atom is -0.301 e. The van der Waals surface area contributed by atoms with Crippen LogP contribution >= 0.6 is 0 Å². The number of Topliss-reactive ketones (excluding diaryl/α,β-unsaturated/α-hetero) is 1. The summed E-state index contributed by atoms with van der Waals surface area (Å²) in [5.74, 6) is 1.95. The Morgan fingerprint density at radius 1 is 1.08 bits per heavy atom. The third-order valence-electron chi connectivity index (χ3n) is 2.19. The molecule has 0 unspecified atom stereocenters. The third-order valence-corrected chi connectivity index (χ3v) is 6.56. The fourth-order valence-corrected chi connectivity index (χ4v) is 6.01. The molecule has 0 aromatic rings. The van der Waals surface area contributed by atoms with Crippen LogP contribution in [0.5, 0.6) is 0 Å². The molecule has 0 aliphatic rings. The van der Waals surface area contributed by atoms with Crippen LogP contribution in [0.4, 0.5) is 0 Å². The van der Waals surface area contributed by atoms with Crippen molar-refractivity contribution >= 4 is 19.9 Å². The van der Waals surface area contributed by atoms with Crippen LogP contribution in [0.2, 0.25) is 15.8 Å². The van der Waals surface area contributed by atoms with E-state index in [0.29, 0.717) is 5.78 Å². The maximum Gasteiger partial charge on any atom is 0.272 e. The van der Waals surface area contributed by atoms with E-state index in [4.69, 9.17) is 0 Å². The maximum atomic E-state index is 11.1. The molecular weight excluding hydrogens is 175 g/mol. The van der Waals surface area contributed by atoms with Gasteiger partial charge in [0.25, 0.3) is 14.1 Å². The first kappa shape index (κ1) is 13.2. The molecule has 2 heteroatoms. The highest BCUT2D eigenvalue weighted by Crippen LogP contribution is 2.17. The molecular formula is C11H23AlO. The lowest BCUT2D eigenvalue weighted by Gasteiger charge is -2.14. The van der Waals surface area contributed by atoms with Gasteiger partial charge in [-0.25, -0.2) is 0 Å². The summed E-state index contributed by atoms with van der Waals surface area (Å²) in [4.78, 5) is 11.1. The van der Waals surface area contributed by atoms with Gasteiger partial charge in [-0.15, -0.1) is 0 Å². The Hall–Kier alpha value is 0.202. The summed E-state index contributed by atoms with van der Waals surface area (Å²) >= 11 is -0.757. The molecule has 0 saturated carbocycles. The van der Waals surface area contributed by atoms with Crippen molar-refractivity contribution in [3.05, 3.63) is 0 Å². The number of carbonyl (C=O) groups excluding carboxylic acids is 1. The van der Waals surface area contributed by atoms with Gasteiger partial charge in [-0.1, -0.05) is 50.1 Å². The van der Waals surface area contributed by atoms with E-state index in [1.807, 2.05) is 0 Å². The fourth-order valence-electron chi connectivity index (χ4n) is 2.00. The Morgan fingerprint density at radius 2 is 1.46 bits per heavy atom. The summed E-state index contributed by atoms with van der Waals surface area (Å²) in [6.45, 7) is 10.8. The normalized spacial score (nSPS) is 11.0. The van der Waals surface area contributed by atoms with Gasteiger partial charge in [0.2, 0.25) is 0 Å². The molecule has 0 aromatic heterocycles. The van der Waals surface area contributed by atoms with Crippen LogP contribution in [0, 0.1) is 11.8 Å². The molecule has 0 aliphatic carbocycles. The standard InChI is InChI=1S/2C4H9.C3H5O.Al/c2*1-4(2)3;1-3(2)4;/h2*4H,1H2,2-3H3;1H2,2H3;. The first-order valence-electron chi connectivity index (χ1n) is 5.41. The van der Waals surface area contributed by atoms with Crippen molar-refractivity contribution in [3.63, 3.8) is 0 Å². The molecule has 0 aliphatic heterocycles. The molecule has 0 spiro atoms. The molecule has 0 bridgehead atoms. The predicted molar refractivity (Wildman–Crippen MR) is 60.5 cm³/mol. The zero-order chi connectivity index (χ0) is 10.4. The van der Waals surface area contributed by atoms with Gasteiger partial charge in [0.05, 0.1) is 0 Å². The summed E-state index contributed by atoms with van der Waals surface area (Å²) in [7, 11) is 0. The molecule has 1 nitrogen and oxygen atoms in total. The quantitative estimate of drug-likeness (QED) is 0.598. The van der Waals surface area contributed by atoms with E-state index < -0.39 is 14.1 Å². The zero-order valence-electron chi connectivity index (χ0n) is 9.76. The molecule has 0 N–H and O–H groups in total. The van der Waals surface area contributed by atoms with Gasteiger partial charge in [-0.2, -0.15) is 0 Å². The summed E-state index contributed by atoms with van der Waals surface area (Å²) < 4.78 is 0. The summed E-state index contributed by atoms with van der Waals surface area (Å²) in [5, 5.41) is 3.58. The maximum absolute atomic E-state index is 11.1. The predicted octanol–water partition coefficient (Wildman–Crippen LogP) is 3.38. The van der Waals surface area contributed by atoms with Crippen molar-refractivity contribution < 1.29 is 4.79 Å². The molecule has 0 fully saturated rings. The van der Waals surface area contributed by atoms with Crippen LogP contribution in [-0.4, -0.2) is 19.9 Å². The molecule has 0 amide bonds. The first-order valence-corrected chi connectivity index (χ1v) is 7.86. The van der Waals surface area contributed by atoms with E-state index >= 15 is 0 Å². The molecule has 0 saturated heterocycles. The summed E-state index contributed by atoms with van der Waals surface area (Å²) in [6, 6.07) is 0. The topological polar surface area (TPSA) is 17.1 Å². The van der Waals surface area contributed by atoms with Gasteiger partial charge in [-0.05, 0) is 12.2 Å². The smallest absolute Gasteiger partial charge is 0.272 e. The largest absolute Gasteiger partial charge is 0.301 e. The van der Waals surface area contributed by atoms with Crippen molar-refractivity contribution in [1.29, 1.82) is 0 Å². The number of carbonyl (C=O) groups is 1. The second-order valence-corrected chi connectivity index (χ2v) is 8.11. The van der Waals surface area contributed by atoms with Crippen molar-refractivity contribution in [3.8, 4) is 0 Å². The van der Waals surface area contributed by atoms with Crippen LogP contribution in [0.1, 0.15) is 34.6 Å². The SMILES string of the molecule is CC(=O)[CH2][Al]([CH2]C(C)C)[CH2]C(C)C. The molecule has 0 aromatic carbocycles. The highest BCUT2D eigenvalue weighted by molar-refractivity contribution is 6.62. The summed E-state index contributed by atoms with van der Waals surface area (Å²) in [5.41, 5.74) is 0. The Labute approximate surface area is 87.3 Å². The van der Waals surface area contributed by atoms with Crippen LogP contribution in [0.3, 0.4) is 0 Å². The molecule has 0 radical (unpaired) electrons. The van der Waals surface area contributed by atoms with Crippen LogP contribution in [-0.2, 0) is 4.79 Å². The van der Waals surface area contributed by atoms with Crippen molar-refractivity contribution in [2.75, 3.05) is 0 Å². The van der Waals surface area contributed by atoms with E-state index in [0.717, 1.165) is 17.1 Å². The average molecular weight is 198 g/mol. The van der Waals surface area contributed by atoms with Crippen LogP contribution in [0.15, 0.2) is 0 Å². The number of ketones is 1. The second kappa shape index (κ2) is 6.63. The van der Waals surface area contributed by atoms with Gasteiger partial charge in [0, 0.05) is 0 Å². The fraction of sp³-hybridized carbons (Fsp3) is 0.909. The third kappa shape index (κ3) is 8.53. The molecule has 0 rings (SSSR count). The molecule has 0 atom stereocenters. The van der Waals surface area contributed by atoms with E-state index in [9.17, 15) is 4.79 Å². The van der Waals surface area contributed by atoms with Crippen molar-refractivity contribution in [2.45, 2.75) is 50.5 Å². The Kier molecular flexibility index (Phi) is 6.73. The highest BCUT2D eigenvalue weighted by Gasteiger charge is 2.21. The monoisotopic (exact) mass is 198 g/mol. The van der Waals surface area contributed by atoms with Crippen LogP contribution < -0.4 is 0 Å². The lowest BCUT2D eigenvalue weighted by atomic mass is 10.3. The van der Waals surface area contributed by atoms with Gasteiger partial charge < -0.3 is 4.79 Å². The minimum atomic E-state index is -0.757. The number of hydrogen-bond donors (Lipinski definition) is 0. The van der Waals surface area contributed by atoms with Gasteiger partial charge in [-0.3, -0.25) is 0 Å². The van der Waals surface area contributed by atoms with Gasteiger partial charge in [0.15, 0.2) is 0 Å². The zero-order valence-corrected chi connectivity index (χ0v) is 10.9. The van der Waals surface area contributed by atoms with E-state index in [2.05, 4.69) is 27.7 Å². The summed E-state index contributed by atoms with van der Waals surface area (Å²) in [6.07, 6.45) is 0. The van der Waals surface area contributed by atoms with Crippen molar-refractivity contribution in [2.24, 2.45) is 11.8 Å². The van der Waals surface area contributed by atoms with E-state index in [1.54, 1.807) is 6.92 Å². The lowest BCUT2D eigenvalue weighted by molar-refractivity contribution is -0.115. The Morgan fingerprint density at radius 3 is 1.69 bits per heavy atom. The lowest BCUT2D eigenvalue weighted by Crippen LogP contribution is -2.20. The molecule has 0 heterocycles. The molecule has 13 heavy (non-hydrogen) atoms. The highest BCUT2D eigenvalue weighted by atomic mass is 27.2. The second-order valence-electron chi connectivity index (χ2n) is 5.03. The minimum absolute atomic E-state index is 0.401. The van der Waals surface area contributed by atoms with Gasteiger partial charge >= 0.3 is 0 Å². The van der Waals surface area contributed by atoms with E-state index in [-0.39, 0.29) is 0 Å². The Bertz CT molecular complexity index is 142. The van der Waals surface area contributed by atoms with Gasteiger partial charge in [0.1, 0.15) is 5.78 Å². The first-order chi connectivity index (χ1) is 5.91. The number of hydrogen-bond acceptors (Lipinski definition) is 1. The average Bonchev–Trinajstić information content (AvgIpc) is 1.80. The number of rotatable bonds is 6. The van der Waals surface area contributed by atoms with E-state index in [1.165, 1.54) is 10.6 Å². The van der Waals surface area contributed by atoms with Crippen molar-refractivity contribution in [1.82, 2.24) is 0 Å². The van der Waals surface area contributed by atoms with Crippen LogP contribution in [0.25, 0.3) is 0 Å².